The Bertz CT molecular complexity index is 92.0. The number of carboxylic acids is 1. The van der Waals surface area contributed by atoms with Gasteiger partial charge in [-0.1, -0.05) is 6.08 Å². The molecular weight excluding hydrogens is 181 g/mol. The van der Waals surface area contributed by atoms with Gasteiger partial charge in [0.2, 0.25) is 0 Å². The molecule has 0 radical (unpaired) electrons. The van der Waals surface area contributed by atoms with E-state index in [4.69, 9.17) is 16.7 Å². The quantitative estimate of drug-likeness (QED) is 0.394. The topological polar surface area (TPSA) is 37.3 Å². The molecule has 0 aromatic rings. The van der Waals surface area contributed by atoms with Crippen molar-refractivity contribution >= 4 is 17.6 Å². The Morgan fingerprint density at radius 2 is 2.25 bits per heavy atom. The van der Waals surface area contributed by atoms with E-state index in [0.29, 0.717) is 0 Å². The molecule has 0 heterocycles. The summed E-state index contributed by atoms with van der Waals surface area (Å²) in [5.41, 5.74) is 0. The molecule has 0 unspecified atom stereocenters. The summed E-state index contributed by atoms with van der Waals surface area (Å²) in [6.45, 7) is 0. The second kappa shape index (κ2) is 7.12. The molecule has 0 saturated carbocycles. The third kappa shape index (κ3) is 9.45. The van der Waals surface area contributed by atoms with Crippen LogP contribution in [0.2, 0.25) is 0 Å². The van der Waals surface area contributed by atoms with E-state index in [1.165, 1.54) is 6.08 Å². The van der Waals surface area contributed by atoms with Crippen LogP contribution in [-0.4, -0.2) is 17.0 Å². The molecule has 2 nitrogen and oxygen atoms in total. The number of allylic oxidation sites excluding steroid dienone is 1. The normalized spacial score (nSPS) is 8.62. The third-order valence-corrected chi connectivity index (χ3v) is 0.528. The molecule has 0 aromatic heterocycles. The fraction of sp³-hybridized carbons (Fsp3) is 0.250. The maximum absolute atomic E-state index is 9.61. The molecule has 4 heteroatoms. The molecule has 8 heavy (non-hydrogen) atoms. The Hall–Kier alpha value is 0.123. The fourth-order valence-electron chi connectivity index (χ4n) is 0.145. The van der Waals surface area contributed by atoms with Crippen molar-refractivity contribution in [1.29, 1.82) is 0 Å². The number of hydrogen-bond donors (Lipinski definition) is 1. The van der Waals surface area contributed by atoms with E-state index in [1.807, 2.05) is 0 Å². The monoisotopic (exact) mass is 184 g/mol. The number of alkyl halides is 1. The first-order valence-electron chi connectivity index (χ1n) is 1.73. The maximum atomic E-state index is 9.61. The Morgan fingerprint density at radius 3 is 2.38 bits per heavy atom. The van der Waals surface area contributed by atoms with Crippen molar-refractivity contribution in [2.45, 2.75) is 0 Å². The van der Waals surface area contributed by atoms with Crippen molar-refractivity contribution < 1.29 is 29.4 Å². The van der Waals surface area contributed by atoms with Crippen molar-refractivity contribution in [1.82, 2.24) is 0 Å². The number of halogens is 1. The average molecular weight is 186 g/mol. The van der Waals surface area contributed by atoms with Crippen LogP contribution in [0.3, 0.4) is 0 Å². The summed E-state index contributed by atoms with van der Waals surface area (Å²) in [4.78, 5) is 9.61. The zero-order valence-corrected chi connectivity index (χ0v) is 8.03. The maximum Gasteiger partial charge on any atom is 0.328 e. The first kappa shape index (κ1) is 11.0. The van der Waals surface area contributed by atoms with E-state index < -0.39 is 5.97 Å². The van der Waals surface area contributed by atoms with Crippen LogP contribution in [0.15, 0.2) is 12.2 Å². The summed E-state index contributed by atoms with van der Waals surface area (Å²) in [7, 11) is 0. The van der Waals surface area contributed by atoms with Gasteiger partial charge in [0.25, 0.3) is 0 Å². The van der Waals surface area contributed by atoms with Gasteiger partial charge in [-0.25, -0.2) is 4.79 Å². The molecule has 0 rings (SSSR count). The largest absolute Gasteiger partial charge is 0.478 e. The molecule has 0 aliphatic rings. The molecule has 0 aliphatic heterocycles. The van der Waals surface area contributed by atoms with Gasteiger partial charge in [-0.3, -0.25) is 0 Å². The average Bonchev–Trinajstić information content (AvgIpc) is 1.61. The molecule has 42 valence electrons. The van der Waals surface area contributed by atoms with Crippen LogP contribution < -0.4 is 0 Å². The number of rotatable bonds is 2. The molecule has 0 spiro atoms. The molecule has 1 N–H and O–H groups in total. The van der Waals surface area contributed by atoms with Crippen molar-refractivity contribution in [3.8, 4) is 0 Å². The van der Waals surface area contributed by atoms with Gasteiger partial charge < -0.3 is 5.11 Å². The van der Waals surface area contributed by atoms with E-state index in [2.05, 4.69) is 0 Å². The summed E-state index contributed by atoms with van der Waals surface area (Å²) in [5.74, 6) is -0.701. The van der Waals surface area contributed by atoms with Gasteiger partial charge in [0.15, 0.2) is 0 Å². The minimum atomic E-state index is -0.958. The summed E-state index contributed by atoms with van der Waals surface area (Å²) < 4.78 is 0. The van der Waals surface area contributed by atoms with E-state index in [9.17, 15) is 4.79 Å². The van der Waals surface area contributed by atoms with E-state index in [0.717, 1.165) is 6.08 Å². The predicted molar refractivity (Wildman–Crippen MR) is 27.5 cm³/mol. The molecule has 0 aliphatic carbocycles. The molecule has 0 bridgehead atoms. The summed E-state index contributed by atoms with van der Waals surface area (Å²) in [6, 6.07) is 0. The van der Waals surface area contributed by atoms with Crippen molar-refractivity contribution in [2.24, 2.45) is 0 Å². The van der Waals surface area contributed by atoms with E-state index in [-0.39, 0.29) is 25.4 Å². The Labute approximate surface area is 65.3 Å². The van der Waals surface area contributed by atoms with Gasteiger partial charge >= 0.3 is 5.97 Å². The molecular formula is C4H5ClO2Zn. The minimum Gasteiger partial charge on any atom is -0.478 e. The molecule has 0 fully saturated rings. The number of hydrogen-bond acceptors (Lipinski definition) is 1. The van der Waals surface area contributed by atoms with Crippen LogP contribution in [0.25, 0.3) is 0 Å². The standard InChI is InChI=1S/C4H5ClO2.Zn/c5-3-1-2-4(6)7;/h1-2H,3H2,(H,6,7);/b2-1+;. The molecule has 0 saturated heterocycles. The second-order valence-electron chi connectivity index (χ2n) is 0.895. The molecule has 0 atom stereocenters. The summed E-state index contributed by atoms with van der Waals surface area (Å²) in [5, 5.41) is 7.90. The van der Waals surface area contributed by atoms with Gasteiger partial charge in [-0.05, 0) is 0 Å². The van der Waals surface area contributed by atoms with Crippen LogP contribution >= 0.6 is 11.6 Å². The predicted octanol–water partition coefficient (Wildman–Crippen LogP) is 0.864. The van der Waals surface area contributed by atoms with Crippen molar-refractivity contribution in [3.63, 3.8) is 0 Å². The Morgan fingerprint density at radius 1 is 1.75 bits per heavy atom. The Balaban J connectivity index is 0. The number of carbonyl (C=O) groups is 1. The van der Waals surface area contributed by atoms with Crippen LogP contribution in [0.1, 0.15) is 0 Å². The van der Waals surface area contributed by atoms with Crippen molar-refractivity contribution in [2.75, 3.05) is 5.88 Å². The van der Waals surface area contributed by atoms with Crippen LogP contribution in [0.5, 0.6) is 0 Å². The van der Waals surface area contributed by atoms with Gasteiger partial charge in [0.05, 0.1) is 0 Å². The third-order valence-electron chi connectivity index (χ3n) is 0.350. The number of carboxylic acid groups (broad SMARTS) is 1. The minimum absolute atomic E-state index is 0. The molecule has 0 aromatic carbocycles. The Kier molecular flexibility index (Phi) is 9.79. The van der Waals surface area contributed by atoms with Crippen LogP contribution in [0.4, 0.5) is 0 Å². The fourth-order valence-corrected chi connectivity index (χ4v) is 0.234. The van der Waals surface area contributed by atoms with Gasteiger partial charge in [0, 0.05) is 31.4 Å². The smallest absolute Gasteiger partial charge is 0.328 e. The molecule has 0 amide bonds. The van der Waals surface area contributed by atoms with Crippen molar-refractivity contribution in [3.05, 3.63) is 12.2 Å². The zero-order valence-electron chi connectivity index (χ0n) is 4.30. The van der Waals surface area contributed by atoms with Crippen LogP contribution in [0, 0.1) is 0 Å². The van der Waals surface area contributed by atoms with Gasteiger partial charge in [-0.2, -0.15) is 0 Å². The SMILES string of the molecule is O=C(O)/C=C/CCl.[Zn]. The van der Waals surface area contributed by atoms with Crippen LogP contribution in [-0.2, 0) is 24.3 Å². The van der Waals surface area contributed by atoms with Gasteiger partial charge in [0.1, 0.15) is 0 Å². The second-order valence-corrected chi connectivity index (χ2v) is 1.20. The van der Waals surface area contributed by atoms with E-state index >= 15 is 0 Å². The van der Waals surface area contributed by atoms with Gasteiger partial charge in [-0.15, -0.1) is 11.6 Å². The zero-order chi connectivity index (χ0) is 5.70. The number of aliphatic carboxylic acids is 1. The summed E-state index contributed by atoms with van der Waals surface area (Å²) in [6.07, 6.45) is 2.37. The van der Waals surface area contributed by atoms with E-state index in [1.54, 1.807) is 0 Å². The summed E-state index contributed by atoms with van der Waals surface area (Å²) >= 11 is 5.10. The first-order valence-corrected chi connectivity index (χ1v) is 2.26. The first-order chi connectivity index (χ1) is 3.27.